The van der Waals surface area contributed by atoms with E-state index < -0.39 is 0 Å². The fraction of sp³-hybridized carbons (Fsp3) is 0.353. The zero-order chi connectivity index (χ0) is 15.2. The van der Waals surface area contributed by atoms with Gasteiger partial charge in [0.25, 0.3) is 0 Å². The van der Waals surface area contributed by atoms with Gasteiger partial charge in [0.1, 0.15) is 5.75 Å². The summed E-state index contributed by atoms with van der Waals surface area (Å²) in [6.07, 6.45) is 0.428. The van der Waals surface area contributed by atoms with E-state index >= 15 is 0 Å². The quantitative estimate of drug-likeness (QED) is 0.879. The Morgan fingerprint density at radius 2 is 2.19 bits per heavy atom. The summed E-state index contributed by atoms with van der Waals surface area (Å²) < 4.78 is 5.65. The third-order valence-electron chi connectivity index (χ3n) is 3.22. The van der Waals surface area contributed by atoms with Crippen LogP contribution in [0.15, 0.2) is 35.7 Å². The standard InChI is InChI=1S/C17H21NO2S/c1-4-20-16-8-7-12(2)10-15(16)13(3)18-17(19)11-14-6-5-9-21-14/h5-10,13H,4,11H2,1-3H3,(H,18,19). The Hall–Kier alpha value is -1.81. The van der Waals surface area contributed by atoms with Gasteiger partial charge in [-0.05, 0) is 38.3 Å². The lowest BCUT2D eigenvalue weighted by Crippen LogP contribution is -2.28. The van der Waals surface area contributed by atoms with E-state index in [0.29, 0.717) is 13.0 Å². The Morgan fingerprint density at radius 1 is 1.38 bits per heavy atom. The van der Waals surface area contributed by atoms with Crippen LogP contribution in [0.3, 0.4) is 0 Å². The summed E-state index contributed by atoms with van der Waals surface area (Å²) in [6.45, 7) is 6.61. The average Bonchev–Trinajstić information content (AvgIpc) is 2.93. The fourth-order valence-corrected chi connectivity index (χ4v) is 2.94. The predicted octanol–water partition coefficient (Wildman–Crippen LogP) is 3.88. The Labute approximate surface area is 130 Å². The number of hydrogen-bond acceptors (Lipinski definition) is 3. The highest BCUT2D eigenvalue weighted by Crippen LogP contribution is 2.26. The molecule has 3 nitrogen and oxygen atoms in total. The van der Waals surface area contributed by atoms with Gasteiger partial charge in [-0.2, -0.15) is 0 Å². The molecule has 2 rings (SSSR count). The summed E-state index contributed by atoms with van der Waals surface area (Å²) in [5.41, 5.74) is 2.18. The lowest BCUT2D eigenvalue weighted by Gasteiger charge is -2.18. The highest BCUT2D eigenvalue weighted by Gasteiger charge is 2.15. The lowest BCUT2D eigenvalue weighted by molar-refractivity contribution is -0.121. The number of nitrogens with one attached hydrogen (secondary N) is 1. The molecule has 1 N–H and O–H groups in total. The van der Waals surface area contributed by atoms with Crippen LogP contribution in [0, 0.1) is 6.92 Å². The van der Waals surface area contributed by atoms with Crippen LogP contribution in [0.5, 0.6) is 5.75 Å². The van der Waals surface area contributed by atoms with Crippen LogP contribution in [-0.2, 0) is 11.2 Å². The SMILES string of the molecule is CCOc1ccc(C)cc1C(C)NC(=O)Cc1cccs1. The smallest absolute Gasteiger partial charge is 0.225 e. The molecule has 1 aromatic heterocycles. The van der Waals surface area contributed by atoms with E-state index in [-0.39, 0.29) is 11.9 Å². The van der Waals surface area contributed by atoms with Crippen molar-refractivity contribution in [3.8, 4) is 5.75 Å². The summed E-state index contributed by atoms with van der Waals surface area (Å²) in [7, 11) is 0. The van der Waals surface area contributed by atoms with Gasteiger partial charge in [0, 0.05) is 10.4 Å². The van der Waals surface area contributed by atoms with Gasteiger partial charge in [0.15, 0.2) is 0 Å². The number of amides is 1. The minimum absolute atomic E-state index is 0.0360. The molecule has 0 fully saturated rings. The second-order valence-electron chi connectivity index (χ2n) is 5.02. The fourth-order valence-electron chi connectivity index (χ4n) is 2.23. The van der Waals surface area contributed by atoms with Crippen molar-refractivity contribution in [1.82, 2.24) is 5.32 Å². The molecule has 1 unspecified atom stereocenters. The molecular formula is C17H21NO2S. The third-order valence-corrected chi connectivity index (χ3v) is 4.10. The number of aryl methyl sites for hydroxylation is 1. The molecule has 1 aromatic carbocycles. The van der Waals surface area contributed by atoms with Crippen molar-refractivity contribution >= 4 is 17.2 Å². The highest BCUT2D eigenvalue weighted by molar-refractivity contribution is 7.10. The Morgan fingerprint density at radius 3 is 2.86 bits per heavy atom. The minimum Gasteiger partial charge on any atom is -0.494 e. The van der Waals surface area contributed by atoms with Crippen molar-refractivity contribution < 1.29 is 9.53 Å². The van der Waals surface area contributed by atoms with Gasteiger partial charge < -0.3 is 10.1 Å². The van der Waals surface area contributed by atoms with Crippen LogP contribution in [0.4, 0.5) is 0 Å². The Bertz CT molecular complexity index is 593. The largest absolute Gasteiger partial charge is 0.494 e. The molecule has 0 aliphatic heterocycles. The molecule has 4 heteroatoms. The van der Waals surface area contributed by atoms with Crippen molar-refractivity contribution in [1.29, 1.82) is 0 Å². The predicted molar refractivity (Wildman–Crippen MR) is 86.9 cm³/mol. The maximum atomic E-state index is 12.1. The maximum Gasteiger partial charge on any atom is 0.225 e. The maximum absolute atomic E-state index is 12.1. The van der Waals surface area contributed by atoms with Gasteiger partial charge >= 0.3 is 0 Å². The van der Waals surface area contributed by atoms with E-state index in [1.807, 2.05) is 50.4 Å². The molecule has 0 spiro atoms. The number of benzene rings is 1. The minimum atomic E-state index is -0.0705. The van der Waals surface area contributed by atoms with Crippen molar-refractivity contribution in [2.24, 2.45) is 0 Å². The third kappa shape index (κ3) is 4.33. The second kappa shape index (κ2) is 7.27. The first-order valence-corrected chi connectivity index (χ1v) is 8.03. The van der Waals surface area contributed by atoms with Crippen LogP contribution < -0.4 is 10.1 Å². The molecule has 0 aliphatic carbocycles. The number of hydrogen-bond donors (Lipinski definition) is 1. The summed E-state index contributed by atoms with van der Waals surface area (Å²) in [6, 6.07) is 9.93. The van der Waals surface area contributed by atoms with Crippen LogP contribution in [0.1, 0.15) is 35.9 Å². The van der Waals surface area contributed by atoms with Gasteiger partial charge in [0.05, 0.1) is 19.1 Å². The highest BCUT2D eigenvalue weighted by atomic mass is 32.1. The molecule has 21 heavy (non-hydrogen) atoms. The van der Waals surface area contributed by atoms with Crippen LogP contribution >= 0.6 is 11.3 Å². The van der Waals surface area contributed by atoms with Crippen molar-refractivity contribution in [3.63, 3.8) is 0 Å². The molecule has 0 saturated heterocycles. The van der Waals surface area contributed by atoms with Crippen LogP contribution in [-0.4, -0.2) is 12.5 Å². The molecule has 0 radical (unpaired) electrons. The Balaban J connectivity index is 2.06. The van der Waals surface area contributed by atoms with E-state index in [9.17, 15) is 4.79 Å². The molecule has 1 amide bonds. The van der Waals surface area contributed by atoms with E-state index in [1.54, 1.807) is 11.3 Å². The number of carbonyl (C=O) groups excluding carboxylic acids is 1. The first kappa shape index (κ1) is 15.6. The molecule has 0 aliphatic rings. The monoisotopic (exact) mass is 303 g/mol. The second-order valence-corrected chi connectivity index (χ2v) is 6.05. The zero-order valence-corrected chi connectivity index (χ0v) is 13.5. The normalized spacial score (nSPS) is 12.0. The summed E-state index contributed by atoms with van der Waals surface area (Å²) in [4.78, 5) is 13.2. The number of ether oxygens (including phenoxy) is 1. The van der Waals surface area contributed by atoms with E-state index in [1.165, 1.54) is 0 Å². The number of thiophene rings is 1. The number of carbonyl (C=O) groups is 1. The van der Waals surface area contributed by atoms with Crippen molar-refractivity contribution in [2.75, 3.05) is 6.61 Å². The van der Waals surface area contributed by atoms with Gasteiger partial charge in [-0.1, -0.05) is 23.8 Å². The molecule has 0 bridgehead atoms. The topological polar surface area (TPSA) is 38.3 Å². The molecule has 1 atom stereocenters. The van der Waals surface area contributed by atoms with Gasteiger partial charge in [-0.3, -0.25) is 4.79 Å². The molecule has 1 heterocycles. The van der Waals surface area contributed by atoms with Gasteiger partial charge in [0.2, 0.25) is 5.91 Å². The average molecular weight is 303 g/mol. The molecular weight excluding hydrogens is 282 g/mol. The van der Waals surface area contributed by atoms with E-state index in [4.69, 9.17) is 4.74 Å². The first-order chi connectivity index (χ1) is 10.1. The molecule has 2 aromatic rings. The van der Waals surface area contributed by atoms with E-state index in [0.717, 1.165) is 21.8 Å². The Kier molecular flexibility index (Phi) is 5.39. The lowest BCUT2D eigenvalue weighted by atomic mass is 10.0. The first-order valence-electron chi connectivity index (χ1n) is 7.15. The van der Waals surface area contributed by atoms with Crippen LogP contribution in [0.2, 0.25) is 0 Å². The summed E-state index contributed by atoms with van der Waals surface area (Å²) in [5.74, 6) is 0.876. The van der Waals surface area contributed by atoms with Crippen molar-refractivity contribution in [2.45, 2.75) is 33.2 Å². The van der Waals surface area contributed by atoms with Crippen LogP contribution in [0.25, 0.3) is 0 Å². The molecule has 0 saturated carbocycles. The van der Waals surface area contributed by atoms with Crippen molar-refractivity contribution in [3.05, 3.63) is 51.7 Å². The summed E-state index contributed by atoms with van der Waals surface area (Å²) in [5, 5.41) is 5.03. The molecule has 112 valence electrons. The van der Waals surface area contributed by atoms with Gasteiger partial charge in [-0.25, -0.2) is 0 Å². The zero-order valence-electron chi connectivity index (χ0n) is 12.7. The summed E-state index contributed by atoms with van der Waals surface area (Å²) >= 11 is 1.60. The van der Waals surface area contributed by atoms with E-state index in [2.05, 4.69) is 11.4 Å². The number of rotatable bonds is 6. The van der Waals surface area contributed by atoms with Gasteiger partial charge in [-0.15, -0.1) is 11.3 Å².